The maximum atomic E-state index is 13.4. The summed E-state index contributed by atoms with van der Waals surface area (Å²) >= 11 is 3.20. The molecule has 0 aliphatic rings. The molecule has 1 aromatic heterocycles. The van der Waals surface area contributed by atoms with Crippen molar-refractivity contribution in [3.8, 4) is 0 Å². The van der Waals surface area contributed by atoms with Crippen LogP contribution < -0.4 is 0 Å². The lowest BCUT2D eigenvalue weighted by Gasteiger charge is -1.97. The maximum Gasteiger partial charge on any atom is 0.170 e. The zero-order chi connectivity index (χ0) is 8.55. The smallest absolute Gasteiger partial charge is 0.170 e. The summed E-state index contributed by atoms with van der Waals surface area (Å²) in [5.74, 6) is -0.269. The van der Waals surface area contributed by atoms with Gasteiger partial charge in [-0.2, -0.15) is 0 Å². The van der Waals surface area contributed by atoms with E-state index in [1.807, 2.05) is 6.07 Å². The molecule has 0 spiro atoms. The molecule has 0 saturated heterocycles. The van der Waals surface area contributed by atoms with Gasteiger partial charge in [-0.1, -0.05) is 28.1 Å². The Kier molecular flexibility index (Phi) is 1.89. The second-order valence-corrected chi connectivity index (χ2v) is 3.07. The van der Waals surface area contributed by atoms with Gasteiger partial charge in [-0.25, -0.2) is 4.39 Å². The lowest BCUT2D eigenvalue weighted by atomic mass is 10.2. The molecule has 0 amide bonds. The monoisotopic (exact) mass is 228 g/mol. The normalized spacial score (nSPS) is 10.8. The van der Waals surface area contributed by atoms with Crippen molar-refractivity contribution in [3.05, 3.63) is 35.8 Å². The maximum absolute atomic E-state index is 13.4. The predicted molar refractivity (Wildman–Crippen MR) is 48.8 cm³/mol. The molecule has 62 valence electrons. The average molecular weight is 229 g/mol. The summed E-state index contributed by atoms with van der Waals surface area (Å²) in [4.78, 5) is 0. The van der Waals surface area contributed by atoms with Gasteiger partial charge in [-0.15, -0.1) is 0 Å². The van der Waals surface area contributed by atoms with E-state index >= 15 is 0 Å². The highest BCUT2D eigenvalue weighted by Gasteiger charge is 2.07. The van der Waals surface area contributed by atoms with E-state index in [0.717, 1.165) is 5.39 Å². The fraction of sp³-hybridized carbons (Fsp3) is 0.111. The van der Waals surface area contributed by atoms with Crippen molar-refractivity contribution in [3.63, 3.8) is 0 Å². The first-order valence-corrected chi connectivity index (χ1v) is 4.65. The van der Waals surface area contributed by atoms with Crippen LogP contribution >= 0.6 is 15.9 Å². The van der Waals surface area contributed by atoms with Crippen molar-refractivity contribution >= 4 is 26.9 Å². The Labute approximate surface area is 77.3 Å². The number of hydrogen-bond acceptors (Lipinski definition) is 1. The zero-order valence-electron chi connectivity index (χ0n) is 6.18. The van der Waals surface area contributed by atoms with E-state index in [9.17, 15) is 4.39 Å². The molecular formula is C9H6BrFO. The van der Waals surface area contributed by atoms with Gasteiger partial charge in [0.05, 0.1) is 6.26 Å². The van der Waals surface area contributed by atoms with Crippen LogP contribution in [0.4, 0.5) is 4.39 Å². The van der Waals surface area contributed by atoms with E-state index in [2.05, 4.69) is 15.9 Å². The summed E-state index contributed by atoms with van der Waals surface area (Å²) < 4.78 is 18.4. The van der Waals surface area contributed by atoms with Crippen LogP contribution in [0.1, 0.15) is 5.56 Å². The number of benzene rings is 1. The third kappa shape index (κ3) is 1.05. The standard InChI is InChI=1S/C9H6BrFO/c10-5-7-2-1-6-3-4-12-9(6)8(7)11/h1-4H,5H2. The lowest BCUT2D eigenvalue weighted by Crippen LogP contribution is -1.84. The molecule has 0 atom stereocenters. The third-order valence-electron chi connectivity index (χ3n) is 1.79. The molecule has 0 aliphatic heterocycles. The molecule has 1 nitrogen and oxygen atoms in total. The highest BCUT2D eigenvalue weighted by molar-refractivity contribution is 9.08. The van der Waals surface area contributed by atoms with Crippen molar-refractivity contribution < 1.29 is 8.81 Å². The van der Waals surface area contributed by atoms with Gasteiger partial charge >= 0.3 is 0 Å². The Morgan fingerprint density at radius 1 is 1.33 bits per heavy atom. The van der Waals surface area contributed by atoms with Crippen molar-refractivity contribution in [2.75, 3.05) is 0 Å². The Balaban J connectivity index is 2.78. The molecule has 0 radical (unpaired) electrons. The molecule has 3 heteroatoms. The molecule has 2 aromatic rings. The van der Waals surface area contributed by atoms with E-state index in [4.69, 9.17) is 4.42 Å². The largest absolute Gasteiger partial charge is 0.461 e. The SMILES string of the molecule is Fc1c(CBr)ccc2ccoc12. The second-order valence-electron chi connectivity index (χ2n) is 2.51. The molecule has 1 heterocycles. The van der Waals surface area contributed by atoms with E-state index in [1.165, 1.54) is 6.26 Å². The minimum atomic E-state index is -0.269. The van der Waals surface area contributed by atoms with E-state index in [-0.39, 0.29) is 5.82 Å². The van der Waals surface area contributed by atoms with Crippen LogP contribution in [-0.2, 0) is 5.33 Å². The van der Waals surface area contributed by atoms with Gasteiger partial charge in [0.2, 0.25) is 0 Å². The van der Waals surface area contributed by atoms with E-state index in [1.54, 1.807) is 12.1 Å². The number of halogens is 2. The molecule has 0 fully saturated rings. The Hall–Kier alpha value is -0.830. The Morgan fingerprint density at radius 2 is 2.17 bits per heavy atom. The molecule has 0 saturated carbocycles. The second kappa shape index (κ2) is 2.90. The summed E-state index contributed by atoms with van der Waals surface area (Å²) in [6.45, 7) is 0. The number of rotatable bonds is 1. The molecule has 0 aliphatic carbocycles. The minimum Gasteiger partial charge on any atom is -0.461 e. The molecule has 0 unspecified atom stereocenters. The van der Waals surface area contributed by atoms with Crippen molar-refractivity contribution in [2.45, 2.75) is 5.33 Å². The van der Waals surface area contributed by atoms with Gasteiger partial charge in [-0.05, 0) is 6.07 Å². The van der Waals surface area contributed by atoms with Gasteiger partial charge in [0.15, 0.2) is 11.4 Å². The number of fused-ring (bicyclic) bond motifs is 1. The van der Waals surface area contributed by atoms with E-state index in [0.29, 0.717) is 16.5 Å². The van der Waals surface area contributed by atoms with Crippen LogP contribution in [0.2, 0.25) is 0 Å². The summed E-state index contributed by atoms with van der Waals surface area (Å²) in [7, 11) is 0. The molecule has 1 aromatic carbocycles. The fourth-order valence-corrected chi connectivity index (χ4v) is 1.57. The van der Waals surface area contributed by atoms with Crippen LogP contribution in [-0.4, -0.2) is 0 Å². The van der Waals surface area contributed by atoms with Crippen molar-refractivity contribution in [1.29, 1.82) is 0 Å². The van der Waals surface area contributed by atoms with Crippen LogP contribution in [0.3, 0.4) is 0 Å². The Bertz CT molecular complexity index is 408. The van der Waals surface area contributed by atoms with Gasteiger partial charge in [-0.3, -0.25) is 0 Å². The first kappa shape index (κ1) is 7.80. The van der Waals surface area contributed by atoms with Crippen molar-refractivity contribution in [2.24, 2.45) is 0 Å². The zero-order valence-corrected chi connectivity index (χ0v) is 7.77. The number of hydrogen-bond donors (Lipinski definition) is 0. The summed E-state index contributed by atoms with van der Waals surface area (Å²) in [6.07, 6.45) is 1.49. The first-order chi connectivity index (χ1) is 5.83. The highest BCUT2D eigenvalue weighted by atomic mass is 79.9. The molecular weight excluding hydrogens is 223 g/mol. The number of alkyl halides is 1. The number of furan rings is 1. The van der Waals surface area contributed by atoms with Gasteiger partial charge < -0.3 is 4.42 Å². The van der Waals surface area contributed by atoms with Crippen LogP contribution in [0.25, 0.3) is 11.0 Å². The van der Waals surface area contributed by atoms with Crippen LogP contribution in [0.5, 0.6) is 0 Å². The molecule has 0 N–H and O–H groups in total. The molecule has 12 heavy (non-hydrogen) atoms. The summed E-state index contributed by atoms with van der Waals surface area (Å²) in [5.41, 5.74) is 0.962. The quantitative estimate of drug-likeness (QED) is 0.682. The van der Waals surface area contributed by atoms with Crippen LogP contribution in [0, 0.1) is 5.82 Å². The van der Waals surface area contributed by atoms with Crippen LogP contribution in [0.15, 0.2) is 28.9 Å². The minimum absolute atomic E-state index is 0.269. The molecule has 0 bridgehead atoms. The summed E-state index contributed by atoms with van der Waals surface area (Å²) in [5, 5.41) is 1.31. The molecule has 2 rings (SSSR count). The van der Waals surface area contributed by atoms with Gasteiger partial charge in [0, 0.05) is 16.3 Å². The first-order valence-electron chi connectivity index (χ1n) is 3.53. The van der Waals surface area contributed by atoms with Crippen molar-refractivity contribution in [1.82, 2.24) is 0 Å². The third-order valence-corrected chi connectivity index (χ3v) is 2.39. The van der Waals surface area contributed by atoms with Gasteiger partial charge in [0.25, 0.3) is 0 Å². The van der Waals surface area contributed by atoms with E-state index < -0.39 is 0 Å². The highest BCUT2D eigenvalue weighted by Crippen LogP contribution is 2.23. The fourth-order valence-electron chi connectivity index (χ4n) is 1.14. The average Bonchev–Trinajstić information content (AvgIpc) is 2.53. The lowest BCUT2D eigenvalue weighted by molar-refractivity contribution is 0.555. The topological polar surface area (TPSA) is 13.1 Å². The Morgan fingerprint density at radius 3 is 2.92 bits per heavy atom. The predicted octanol–water partition coefficient (Wildman–Crippen LogP) is 3.47. The van der Waals surface area contributed by atoms with Gasteiger partial charge in [0.1, 0.15) is 0 Å². The summed E-state index contributed by atoms with van der Waals surface area (Å²) in [6, 6.07) is 5.34.